The molecule has 19 heavy (non-hydrogen) atoms. The third-order valence-corrected chi connectivity index (χ3v) is 3.25. The van der Waals surface area contributed by atoms with Crippen molar-refractivity contribution in [1.82, 2.24) is 10.3 Å². The first-order chi connectivity index (χ1) is 9.20. The van der Waals surface area contributed by atoms with E-state index >= 15 is 0 Å². The van der Waals surface area contributed by atoms with E-state index in [0.29, 0.717) is 24.5 Å². The largest absolute Gasteiger partial charge is 0.379 e. The maximum atomic E-state index is 12.0. The fourth-order valence-corrected chi connectivity index (χ4v) is 1.93. The zero-order chi connectivity index (χ0) is 13.7. The first-order valence-electron chi connectivity index (χ1n) is 6.19. The third kappa shape index (κ3) is 4.45. The van der Waals surface area contributed by atoms with Gasteiger partial charge in [-0.15, -0.1) is 0 Å². The Labute approximate surface area is 120 Å². The molecular formula is C12H17BrN4O2. The zero-order valence-corrected chi connectivity index (χ0v) is 12.1. The van der Waals surface area contributed by atoms with Crippen molar-refractivity contribution < 1.29 is 9.53 Å². The van der Waals surface area contributed by atoms with Crippen LogP contribution in [0.3, 0.4) is 0 Å². The lowest BCUT2D eigenvalue weighted by atomic mass is 10.2. The van der Waals surface area contributed by atoms with E-state index in [9.17, 15) is 4.79 Å². The van der Waals surface area contributed by atoms with Gasteiger partial charge in [0.05, 0.1) is 12.2 Å². The number of hydrazine groups is 1. The number of nitrogens with one attached hydrogen (secondary N) is 2. The minimum atomic E-state index is -0.225. The number of nitrogens with two attached hydrogens (primary N) is 1. The normalized spacial score (nSPS) is 14.2. The van der Waals surface area contributed by atoms with E-state index in [1.807, 2.05) is 0 Å². The quantitative estimate of drug-likeness (QED) is 0.398. The molecule has 1 aliphatic carbocycles. The number of ether oxygens (including phenoxy) is 1. The third-order valence-electron chi connectivity index (χ3n) is 2.82. The molecule has 7 heteroatoms. The Hall–Kier alpha value is -1.18. The molecule has 0 atom stereocenters. The minimum absolute atomic E-state index is 0.225. The number of anilines is 1. The van der Waals surface area contributed by atoms with Crippen molar-refractivity contribution >= 4 is 27.7 Å². The van der Waals surface area contributed by atoms with E-state index in [0.717, 1.165) is 17.0 Å². The van der Waals surface area contributed by atoms with E-state index in [2.05, 4.69) is 31.7 Å². The van der Waals surface area contributed by atoms with Crippen LogP contribution in [0, 0.1) is 5.92 Å². The molecule has 1 fully saturated rings. The molecular weight excluding hydrogens is 312 g/mol. The van der Waals surface area contributed by atoms with Gasteiger partial charge in [-0.05, 0) is 40.8 Å². The second kappa shape index (κ2) is 6.83. The van der Waals surface area contributed by atoms with E-state index in [-0.39, 0.29) is 5.91 Å². The summed E-state index contributed by atoms with van der Waals surface area (Å²) in [5.74, 6) is 6.18. The zero-order valence-electron chi connectivity index (χ0n) is 10.5. The van der Waals surface area contributed by atoms with E-state index in [1.165, 1.54) is 12.8 Å². The number of nitrogen functional groups attached to an aromatic ring is 1. The van der Waals surface area contributed by atoms with Crippen LogP contribution in [0.5, 0.6) is 0 Å². The molecule has 1 aromatic rings. The molecule has 0 aliphatic heterocycles. The molecule has 1 heterocycles. The number of rotatable bonds is 7. The Morgan fingerprint density at radius 2 is 2.37 bits per heavy atom. The smallest absolute Gasteiger partial charge is 0.255 e. The lowest BCUT2D eigenvalue weighted by Gasteiger charge is -2.09. The predicted octanol–water partition coefficient (Wildman–Crippen LogP) is 1.29. The average molecular weight is 329 g/mol. The number of carbonyl (C=O) groups excluding carboxylic acids is 1. The van der Waals surface area contributed by atoms with Gasteiger partial charge in [0.25, 0.3) is 5.91 Å². The maximum absolute atomic E-state index is 12.0. The molecule has 0 radical (unpaired) electrons. The molecule has 0 aromatic carbocycles. The Bertz CT molecular complexity index is 451. The average Bonchev–Trinajstić information content (AvgIpc) is 3.22. The lowest BCUT2D eigenvalue weighted by molar-refractivity contribution is 0.0907. The van der Waals surface area contributed by atoms with Crippen LogP contribution in [-0.4, -0.2) is 30.6 Å². The van der Waals surface area contributed by atoms with Crippen molar-refractivity contribution in [2.75, 3.05) is 25.2 Å². The van der Waals surface area contributed by atoms with Crippen molar-refractivity contribution in [2.45, 2.75) is 12.8 Å². The summed E-state index contributed by atoms with van der Waals surface area (Å²) in [6.45, 7) is 1.79. The van der Waals surface area contributed by atoms with E-state index in [1.54, 1.807) is 12.3 Å². The molecule has 4 N–H and O–H groups in total. The fraction of sp³-hybridized carbons (Fsp3) is 0.500. The standard InChI is InChI=1S/C12H17BrN4O2/c13-9-5-10(11(17-14)16-6-9)12(18)15-3-4-19-7-8-1-2-8/h5-6,8H,1-4,7,14H2,(H,15,18)(H,16,17). The van der Waals surface area contributed by atoms with Gasteiger partial charge >= 0.3 is 0 Å². The highest BCUT2D eigenvalue weighted by atomic mass is 79.9. The van der Waals surface area contributed by atoms with Gasteiger partial charge in [-0.1, -0.05) is 0 Å². The number of amides is 1. The predicted molar refractivity (Wildman–Crippen MR) is 75.6 cm³/mol. The van der Waals surface area contributed by atoms with Gasteiger partial charge in [-0.3, -0.25) is 4.79 Å². The Kier molecular flexibility index (Phi) is 5.12. The second-order valence-corrected chi connectivity index (χ2v) is 5.38. The molecule has 104 valence electrons. The van der Waals surface area contributed by atoms with Crippen molar-refractivity contribution in [3.05, 3.63) is 22.3 Å². The topological polar surface area (TPSA) is 89.3 Å². The summed E-state index contributed by atoms with van der Waals surface area (Å²) in [7, 11) is 0. The van der Waals surface area contributed by atoms with Gasteiger partial charge in [-0.2, -0.15) is 0 Å². The summed E-state index contributed by atoms with van der Waals surface area (Å²) >= 11 is 3.27. The maximum Gasteiger partial charge on any atom is 0.255 e. The number of hydrogen-bond donors (Lipinski definition) is 3. The number of halogens is 1. The number of nitrogens with zero attached hydrogens (tertiary/aromatic N) is 1. The number of pyridine rings is 1. The monoisotopic (exact) mass is 328 g/mol. The highest BCUT2D eigenvalue weighted by Crippen LogP contribution is 2.28. The first-order valence-corrected chi connectivity index (χ1v) is 6.98. The van der Waals surface area contributed by atoms with Crippen molar-refractivity contribution in [3.63, 3.8) is 0 Å². The molecule has 0 spiro atoms. The van der Waals surface area contributed by atoms with E-state index < -0.39 is 0 Å². The second-order valence-electron chi connectivity index (χ2n) is 4.47. The highest BCUT2D eigenvalue weighted by Gasteiger charge is 2.21. The highest BCUT2D eigenvalue weighted by molar-refractivity contribution is 9.10. The molecule has 1 aliphatic rings. The molecule has 0 unspecified atom stereocenters. The molecule has 1 saturated carbocycles. The summed E-state index contributed by atoms with van der Waals surface area (Å²) in [6.07, 6.45) is 4.11. The Morgan fingerprint density at radius 1 is 1.58 bits per heavy atom. The van der Waals surface area contributed by atoms with Gasteiger partial charge in [0.2, 0.25) is 0 Å². The van der Waals surface area contributed by atoms with Crippen LogP contribution in [0.15, 0.2) is 16.7 Å². The summed E-state index contributed by atoms with van der Waals surface area (Å²) in [5.41, 5.74) is 2.81. The Morgan fingerprint density at radius 3 is 3.05 bits per heavy atom. The first kappa shape index (κ1) is 14.2. The summed E-state index contributed by atoms with van der Waals surface area (Å²) in [4.78, 5) is 16.0. The Balaban J connectivity index is 1.79. The van der Waals surface area contributed by atoms with Crippen molar-refractivity contribution in [3.8, 4) is 0 Å². The van der Waals surface area contributed by atoms with Gasteiger partial charge in [0, 0.05) is 23.8 Å². The fourth-order valence-electron chi connectivity index (χ4n) is 1.59. The van der Waals surface area contributed by atoms with Crippen LogP contribution in [0.25, 0.3) is 0 Å². The van der Waals surface area contributed by atoms with Crippen LogP contribution in [-0.2, 0) is 4.74 Å². The van der Waals surface area contributed by atoms with Crippen LogP contribution in [0.1, 0.15) is 23.2 Å². The van der Waals surface area contributed by atoms with Crippen LogP contribution < -0.4 is 16.6 Å². The van der Waals surface area contributed by atoms with Gasteiger partial charge < -0.3 is 15.5 Å². The van der Waals surface area contributed by atoms with Crippen LogP contribution in [0.2, 0.25) is 0 Å². The van der Waals surface area contributed by atoms with E-state index in [4.69, 9.17) is 10.6 Å². The minimum Gasteiger partial charge on any atom is -0.379 e. The summed E-state index contributed by atoms with van der Waals surface area (Å²) in [6, 6.07) is 1.67. The summed E-state index contributed by atoms with van der Waals surface area (Å²) < 4.78 is 6.17. The van der Waals surface area contributed by atoms with Crippen molar-refractivity contribution in [2.24, 2.45) is 11.8 Å². The van der Waals surface area contributed by atoms with Crippen molar-refractivity contribution in [1.29, 1.82) is 0 Å². The summed E-state index contributed by atoms with van der Waals surface area (Å²) in [5, 5.41) is 2.77. The van der Waals surface area contributed by atoms with Gasteiger partial charge in [0.15, 0.2) is 5.82 Å². The number of aromatic nitrogens is 1. The van der Waals surface area contributed by atoms with Crippen LogP contribution >= 0.6 is 15.9 Å². The SMILES string of the molecule is NNc1ncc(Br)cc1C(=O)NCCOCC1CC1. The molecule has 2 rings (SSSR count). The molecule has 0 saturated heterocycles. The lowest BCUT2D eigenvalue weighted by Crippen LogP contribution is -2.29. The number of carbonyl (C=O) groups is 1. The molecule has 6 nitrogen and oxygen atoms in total. The molecule has 1 aromatic heterocycles. The van der Waals surface area contributed by atoms with Crippen LogP contribution in [0.4, 0.5) is 5.82 Å². The molecule has 1 amide bonds. The number of hydrogen-bond acceptors (Lipinski definition) is 5. The molecule has 0 bridgehead atoms. The van der Waals surface area contributed by atoms with Gasteiger partial charge in [0.1, 0.15) is 0 Å². The van der Waals surface area contributed by atoms with Gasteiger partial charge in [-0.25, -0.2) is 10.8 Å².